The van der Waals surface area contributed by atoms with Gasteiger partial charge in [0.2, 0.25) is 23.4 Å². The fourth-order valence-electron chi connectivity index (χ4n) is 5.09. The highest BCUT2D eigenvalue weighted by atomic mass is 16.7. The van der Waals surface area contributed by atoms with E-state index in [1.807, 2.05) is 0 Å². The zero-order chi connectivity index (χ0) is 28.4. The van der Waals surface area contributed by atoms with Gasteiger partial charge in [0.1, 0.15) is 24.4 Å². The molecule has 1 aliphatic heterocycles. The van der Waals surface area contributed by atoms with Crippen molar-refractivity contribution in [3.05, 3.63) is 45.6 Å². The fraction of sp³-hybridized carbons (Fsp3) is 0.481. The van der Waals surface area contributed by atoms with Gasteiger partial charge in [0.25, 0.3) is 0 Å². The van der Waals surface area contributed by atoms with Gasteiger partial charge in [-0.2, -0.15) is 0 Å². The summed E-state index contributed by atoms with van der Waals surface area (Å²) in [4.78, 5) is 24.9. The molecule has 0 aromatic heterocycles. The van der Waals surface area contributed by atoms with Crippen LogP contribution in [0.1, 0.15) is 30.5 Å². The number of carbonyl (C=O) groups excluding carboxylic acids is 1. The third-order valence-corrected chi connectivity index (χ3v) is 6.97. The first-order valence-electron chi connectivity index (χ1n) is 12.4. The van der Waals surface area contributed by atoms with Crippen molar-refractivity contribution in [2.75, 3.05) is 27.9 Å². The molecule has 4 rings (SSSR count). The number of aliphatic hydroxyl groups is 4. The van der Waals surface area contributed by atoms with Crippen LogP contribution in [0.5, 0.6) is 23.0 Å². The lowest BCUT2D eigenvalue weighted by atomic mass is 9.95. The van der Waals surface area contributed by atoms with Crippen LogP contribution in [0.2, 0.25) is 0 Å². The summed E-state index contributed by atoms with van der Waals surface area (Å²) in [5.41, 5.74) is 2.15. The molecule has 12 heteroatoms. The summed E-state index contributed by atoms with van der Waals surface area (Å²) >= 11 is 0. The zero-order valence-corrected chi connectivity index (χ0v) is 22.0. The lowest BCUT2D eigenvalue weighted by molar-refractivity contribution is -0.277. The first kappa shape index (κ1) is 28.6. The maximum absolute atomic E-state index is 12.9. The molecule has 0 spiro atoms. The average molecular weight is 548 g/mol. The molecule has 2 aliphatic rings. The molecule has 2 unspecified atom stereocenters. The van der Waals surface area contributed by atoms with Gasteiger partial charge in [-0.15, -0.1) is 0 Å². The van der Waals surface area contributed by atoms with Crippen LogP contribution in [0.15, 0.2) is 29.1 Å². The number of aliphatic hydroxyl groups excluding tert-OH is 4. The van der Waals surface area contributed by atoms with Crippen molar-refractivity contribution in [3.63, 3.8) is 0 Å². The van der Waals surface area contributed by atoms with Gasteiger partial charge in [-0.3, -0.25) is 9.59 Å². The Hall–Kier alpha value is -3.42. The van der Waals surface area contributed by atoms with Crippen molar-refractivity contribution < 1.29 is 48.9 Å². The molecule has 1 aliphatic carbocycles. The van der Waals surface area contributed by atoms with Crippen molar-refractivity contribution in [1.82, 2.24) is 5.32 Å². The van der Waals surface area contributed by atoms with E-state index in [4.69, 9.17) is 23.7 Å². The van der Waals surface area contributed by atoms with Gasteiger partial charge in [-0.1, -0.05) is 6.07 Å². The second-order valence-corrected chi connectivity index (χ2v) is 9.36. The molecule has 6 atom stereocenters. The van der Waals surface area contributed by atoms with E-state index in [0.717, 1.165) is 5.56 Å². The summed E-state index contributed by atoms with van der Waals surface area (Å²) in [5.74, 6) is 0.368. The zero-order valence-electron chi connectivity index (χ0n) is 22.0. The number of carbonyl (C=O) groups is 1. The summed E-state index contributed by atoms with van der Waals surface area (Å²) in [5, 5.41) is 43.3. The second kappa shape index (κ2) is 11.8. The Morgan fingerprint density at radius 2 is 1.72 bits per heavy atom. The summed E-state index contributed by atoms with van der Waals surface area (Å²) in [6.45, 7) is 0.786. The standard InChI is InChI=1S/C27H33NO11/c1-12(30)28-16-7-5-13-9-19(38-27-24(34)23(33)22(32)20(11-29)39-27)25(36-3)26(37-4)21(13)14-6-8-18(35-2)17(31)10-15(14)16/h6,8-10,16,20,22-24,27,29,32-34H,5,7,11H2,1-4H3,(H,28,30)/t16-,20?,22+,23-,24+,27?/m0/s1. The molecule has 1 amide bonds. The second-order valence-electron chi connectivity index (χ2n) is 9.36. The quantitative estimate of drug-likeness (QED) is 0.317. The Morgan fingerprint density at radius 1 is 1.00 bits per heavy atom. The number of ether oxygens (including phenoxy) is 5. The van der Waals surface area contributed by atoms with Crippen molar-refractivity contribution in [2.24, 2.45) is 0 Å². The van der Waals surface area contributed by atoms with Crippen molar-refractivity contribution in [3.8, 4) is 34.1 Å². The maximum atomic E-state index is 12.9. The summed E-state index contributed by atoms with van der Waals surface area (Å²) in [6.07, 6.45) is -6.56. The molecular weight excluding hydrogens is 514 g/mol. The van der Waals surface area contributed by atoms with Gasteiger partial charge in [-0.05, 0) is 47.7 Å². The third-order valence-electron chi connectivity index (χ3n) is 6.97. The predicted octanol–water partition coefficient (Wildman–Crippen LogP) is 0.0417. The van der Waals surface area contributed by atoms with Gasteiger partial charge in [0, 0.05) is 12.5 Å². The van der Waals surface area contributed by atoms with Crippen molar-refractivity contribution in [2.45, 2.75) is 56.5 Å². The molecule has 2 aromatic carbocycles. The molecule has 39 heavy (non-hydrogen) atoms. The van der Waals surface area contributed by atoms with E-state index in [1.54, 1.807) is 18.2 Å². The van der Waals surface area contributed by atoms with Crippen LogP contribution >= 0.6 is 0 Å². The maximum Gasteiger partial charge on any atom is 0.229 e. The van der Waals surface area contributed by atoms with Crippen LogP contribution < -0.4 is 29.7 Å². The van der Waals surface area contributed by atoms with Gasteiger partial charge in [0.05, 0.1) is 34.0 Å². The SMILES string of the molecule is COc1c(OC2OC(CO)[C@@H](O)[C@H](O)[C@H]2O)cc2c(c1OC)-c1ccc(OC)c(=O)cc1[C@@H](NC(C)=O)CC2. The Morgan fingerprint density at radius 3 is 2.33 bits per heavy atom. The lowest BCUT2D eigenvalue weighted by Crippen LogP contribution is -2.60. The molecule has 1 saturated heterocycles. The first-order chi connectivity index (χ1) is 18.6. The molecule has 1 heterocycles. The number of benzene rings is 1. The summed E-state index contributed by atoms with van der Waals surface area (Å²) < 4.78 is 28.1. The minimum atomic E-state index is -1.64. The van der Waals surface area contributed by atoms with E-state index in [2.05, 4.69) is 5.32 Å². The van der Waals surface area contributed by atoms with Gasteiger partial charge < -0.3 is 49.4 Å². The topological polar surface area (TPSA) is 173 Å². The van der Waals surface area contributed by atoms with E-state index in [9.17, 15) is 30.0 Å². The molecule has 1 fully saturated rings. The van der Waals surface area contributed by atoms with Crippen LogP contribution in [0.4, 0.5) is 0 Å². The van der Waals surface area contributed by atoms with Crippen molar-refractivity contribution in [1.29, 1.82) is 0 Å². The minimum Gasteiger partial charge on any atom is -0.493 e. The van der Waals surface area contributed by atoms with E-state index < -0.39 is 43.4 Å². The highest BCUT2D eigenvalue weighted by Gasteiger charge is 2.45. The van der Waals surface area contributed by atoms with Gasteiger partial charge in [0.15, 0.2) is 17.2 Å². The fourth-order valence-corrected chi connectivity index (χ4v) is 5.09. The Labute approximate surface area is 224 Å². The summed E-state index contributed by atoms with van der Waals surface area (Å²) in [6, 6.07) is 5.87. The van der Waals surface area contributed by atoms with Crippen LogP contribution in [0.3, 0.4) is 0 Å². The van der Waals surface area contributed by atoms with E-state index >= 15 is 0 Å². The Kier molecular flexibility index (Phi) is 8.62. The number of fused-ring (bicyclic) bond motifs is 3. The van der Waals surface area contributed by atoms with Gasteiger partial charge >= 0.3 is 0 Å². The number of amides is 1. The molecule has 212 valence electrons. The number of hydrogen-bond donors (Lipinski definition) is 5. The number of aryl methyl sites for hydroxylation is 1. The van der Waals surface area contributed by atoms with Crippen LogP contribution in [-0.2, 0) is 16.0 Å². The Bertz CT molecular complexity index is 1280. The largest absolute Gasteiger partial charge is 0.493 e. The lowest BCUT2D eigenvalue weighted by Gasteiger charge is -2.39. The van der Waals surface area contributed by atoms with E-state index in [-0.39, 0.29) is 34.3 Å². The molecule has 5 N–H and O–H groups in total. The van der Waals surface area contributed by atoms with E-state index in [0.29, 0.717) is 29.5 Å². The predicted molar refractivity (Wildman–Crippen MR) is 137 cm³/mol. The smallest absolute Gasteiger partial charge is 0.229 e. The molecular formula is C27H33NO11. The van der Waals surface area contributed by atoms with Crippen molar-refractivity contribution >= 4 is 5.91 Å². The van der Waals surface area contributed by atoms with Crippen LogP contribution in [0, 0.1) is 0 Å². The molecule has 0 saturated carbocycles. The van der Waals surface area contributed by atoms with Gasteiger partial charge in [-0.25, -0.2) is 0 Å². The molecule has 2 aromatic rings. The molecule has 0 radical (unpaired) electrons. The number of hydrogen-bond acceptors (Lipinski definition) is 11. The number of rotatable bonds is 7. The number of nitrogens with one attached hydrogen (secondary N) is 1. The molecule has 12 nitrogen and oxygen atoms in total. The molecule has 0 bridgehead atoms. The third kappa shape index (κ3) is 5.38. The first-order valence-corrected chi connectivity index (χ1v) is 12.4. The Balaban J connectivity index is 1.89. The minimum absolute atomic E-state index is 0.111. The van der Waals surface area contributed by atoms with E-state index in [1.165, 1.54) is 34.3 Å². The normalized spacial score (nSPS) is 25.9. The van der Waals surface area contributed by atoms with Crippen LogP contribution in [-0.4, -0.2) is 85.0 Å². The highest BCUT2D eigenvalue weighted by molar-refractivity contribution is 5.83. The average Bonchev–Trinajstić information content (AvgIpc) is 3.16. The monoisotopic (exact) mass is 547 g/mol. The van der Waals surface area contributed by atoms with Crippen LogP contribution in [0.25, 0.3) is 11.1 Å². The summed E-state index contributed by atoms with van der Waals surface area (Å²) in [7, 11) is 4.23. The number of methoxy groups -OCH3 is 3. The highest BCUT2D eigenvalue weighted by Crippen LogP contribution is 2.50.